The minimum absolute atomic E-state index is 0.344. The fourth-order valence-corrected chi connectivity index (χ4v) is 1.51. The Morgan fingerprint density at radius 3 is 2.89 bits per heavy atom. The molecule has 1 amide bonds. The van der Waals surface area contributed by atoms with Crippen LogP contribution in [-0.2, 0) is 9.53 Å². The molecule has 1 aliphatic heterocycles. The Bertz CT molecular complexity index is 112. The maximum absolute atomic E-state index is 10.4. The number of nitrogens with two attached hydrogens (primary N) is 1. The highest BCUT2D eigenvalue weighted by Gasteiger charge is 2.18. The van der Waals surface area contributed by atoms with Gasteiger partial charge in [-0.1, -0.05) is 0 Å². The molecule has 0 saturated carbocycles. The van der Waals surface area contributed by atoms with Crippen molar-refractivity contribution in [2.24, 2.45) is 5.73 Å². The fraction of sp³-hybridized carbons (Fsp3) is 0.800. The van der Waals surface area contributed by atoms with Crippen LogP contribution in [0, 0.1) is 0 Å². The molecule has 0 aromatic carbocycles. The van der Waals surface area contributed by atoms with Crippen molar-refractivity contribution in [3.8, 4) is 0 Å². The van der Waals surface area contributed by atoms with Crippen LogP contribution in [0.5, 0.6) is 0 Å². The van der Waals surface area contributed by atoms with Crippen LogP contribution in [-0.4, -0.2) is 30.1 Å². The normalized spacial score (nSPS) is 27.8. The predicted molar refractivity (Wildman–Crippen MR) is 36.3 cm³/mol. The fourth-order valence-electron chi connectivity index (χ4n) is 0.652. The number of carbonyl (C=O) groups is 1. The van der Waals surface area contributed by atoms with Gasteiger partial charge in [0, 0.05) is 11.5 Å². The molecule has 0 aromatic rings. The van der Waals surface area contributed by atoms with Crippen LogP contribution in [0.2, 0.25) is 0 Å². The molecular formula is C5H9NO2S. The number of carbonyl (C=O) groups excluding carboxylic acids is 1. The standard InChI is InChI=1S/C5H9NO2S/c6-5(7)4-3-9-2-1-8-4/h4H,1-3H2,(H2,6,7). The van der Waals surface area contributed by atoms with E-state index in [2.05, 4.69) is 0 Å². The van der Waals surface area contributed by atoms with Gasteiger partial charge in [-0.15, -0.1) is 0 Å². The Morgan fingerprint density at radius 1 is 1.78 bits per heavy atom. The molecule has 9 heavy (non-hydrogen) atoms. The second-order valence-electron chi connectivity index (χ2n) is 1.84. The van der Waals surface area contributed by atoms with Crippen molar-refractivity contribution in [3.63, 3.8) is 0 Å². The van der Waals surface area contributed by atoms with E-state index >= 15 is 0 Å². The van der Waals surface area contributed by atoms with Crippen molar-refractivity contribution in [2.75, 3.05) is 18.1 Å². The maximum Gasteiger partial charge on any atom is 0.247 e. The largest absolute Gasteiger partial charge is 0.367 e. The lowest BCUT2D eigenvalue weighted by Gasteiger charge is -2.18. The second-order valence-corrected chi connectivity index (χ2v) is 2.99. The van der Waals surface area contributed by atoms with E-state index in [9.17, 15) is 4.79 Å². The average molecular weight is 147 g/mol. The zero-order chi connectivity index (χ0) is 6.69. The first kappa shape index (κ1) is 6.89. The molecule has 4 heteroatoms. The van der Waals surface area contributed by atoms with Crippen LogP contribution in [0.1, 0.15) is 0 Å². The van der Waals surface area contributed by atoms with E-state index < -0.39 is 0 Å². The van der Waals surface area contributed by atoms with E-state index in [0.717, 1.165) is 11.5 Å². The van der Waals surface area contributed by atoms with Gasteiger partial charge in [0.2, 0.25) is 5.91 Å². The lowest BCUT2D eigenvalue weighted by Crippen LogP contribution is -2.36. The van der Waals surface area contributed by atoms with Crippen molar-refractivity contribution in [1.82, 2.24) is 0 Å². The van der Waals surface area contributed by atoms with Gasteiger partial charge in [-0.2, -0.15) is 11.8 Å². The third kappa shape index (κ3) is 1.87. The van der Waals surface area contributed by atoms with Crippen molar-refractivity contribution < 1.29 is 9.53 Å². The summed E-state index contributed by atoms with van der Waals surface area (Å²) in [5, 5.41) is 0. The van der Waals surface area contributed by atoms with Crippen LogP contribution in [0.25, 0.3) is 0 Å². The molecule has 0 aromatic heterocycles. The smallest absolute Gasteiger partial charge is 0.247 e. The molecule has 1 atom stereocenters. The number of primary amides is 1. The van der Waals surface area contributed by atoms with E-state index in [1.54, 1.807) is 11.8 Å². The summed E-state index contributed by atoms with van der Waals surface area (Å²) >= 11 is 1.71. The molecule has 2 N–H and O–H groups in total. The summed E-state index contributed by atoms with van der Waals surface area (Å²) in [5.74, 6) is 1.35. The monoisotopic (exact) mass is 147 g/mol. The first-order valence-corrected chi connectivity index (χ1v) is 3.95. The minimum atomic E-state index is -0.345. The van der Waals surface area contributed by atoms with Gasteiger partial charge in [-0.25, -0.2) is 0 Å². The van der Waals surface area contributed by atoms with Gasteiger partial charge in [-0.3, -0.25) is 4.79 Å². The molecule has 1 fully saturated rings. The molecule has 0 aliphatic carbocycles. The summed E-state index contributed by atoms with van der Waals surface area (Å²) in [7, 11) is 0. The summed E-state index contributed by atoms with van der Waals surface area (Å²) in [6.45, 7) is 0.651. The SMILES string of the molecule is NC(=O)C1CSCCO1. The number of ether oxygens (including phenoxy) is 1. The van der Waals surface area contributed by atoms with Crippen LogP contribution < -0.4 is 5.73 Å². The van der Waals surface area contributed by atoms with Crippen LogP contribution in [0.4, 0.5) is 0 Å². The van der Waals surface area contributed by atoms with Crippen LogP contribution in [0.15, 0.2) is 0 Å². The molecule has 0 radical (unpaired) electrons. The van der Waals surface area contributed by atoms with Gasteiger partial charge in [-0.05, 0) is 0 Å². The summed E-state index contributed by atoms with van der Waals surface area (Å²) in [6, 6.07) is 0. The summed E-state index contributed by atoms with van der Waals surface area (Å²) in [4.78, 5) is 10.4. The van der Waals surface area contributed by atoms with E-state index in [4.69, 9.17) is 10.5 Å². The zero-order valence-corrected chi connectivity index (χ0v) is 5.82. The molecule has 1 aliphatic rings. The van der Waals surface area contributed by atoms with Gasteiger partial charge in [0.25, 0.3) is 0 Å². The number of hydrogen-bond acceptors (Lipinski definition) is 3. The maximum atomic E-state index is 10.4. The summed E-state index contributed by atoms with van der Waals surface area (Å²) in [5.41, 5.74) is 4.99. The Kier molecular flexibility index (Phi) is 2.36. The Morgan fingerprint density at radius 2 is 2.56 bits per heavy atom. The van der Waals surface area contributed by atoms with E-state index in [-0.39, 0.29) is 12.0 Å². The van der Waals surface area contributed by atoms with Crippen LogP contribution >= 0.6 is 11.8 Å². The van der Waals surface area contributed by atoms with Gasteiger partial charge in [0.15, 0.2) is 0 Å². The Balaban J connectivity index is 2.31. The van der Waals surface area contributed by atoms with Gasteiger partial charge in [0.05, 0.1) is 6.61 Å². The zero-order valence-electron chi connectivity index (χ0n) is 5.00. The molecular weight excluding hydrogens is 138 g/mol. The summed E-state index contributed by atoms with van der Waals surface area (Å²) in [6.07, 6.45) is -0.344. The predicted octanol–water partition coefficient (Wildman–Crippen LogP) is -0.396. The first-order chi connectivity index (χ1) is 4.30. The van der Waals surface area contributed by atoms with Gasteiger partial charge in [0.1, 0.15) is 6.10 Å². The van der Waals surface area contributed by atoms with E-state index in [1.165, 1.54) is 0 Å². The molecule has 0 bridgehead atoms. The molecule has 1 unspecified atom stereocenters. The Hall–Kier alpha value is -0.220. The molecule has 1 saturated heterocycles. The number of rotatable bonds is 1. The number of hydrogen-bond donors (Lipinski definition) is 1. The topological polar surface area (TPSA) is 52.3 Å². The molecule has 0 spiro atoms. The third-order valence-corrected chi connectivity index (χ3v) is 2.13. The first-order valence-electron chi connectivity index (χ1n) is 2.79. The van der Waals surface area contributed by atoms with E-state index in [1.807, 2.05) is 0 Å². The highest BCUT2D eigenvalue weighted by atomic mass is 32.2. The van der Waals surface area contributed by atoms with Crippen LogP contribution in [0.3, 0.4) is 0 Å². The van der Waals surface area contributed by atoms with Crippen molar-refractivity contribution in [3.05, 3.63) is 0 Å². The molecule has 1 rings (SSSR count). The Labute approximate surface area is 57.9 Å². The van der Waals surface area contributed by atoms with Crippen molar-refractivity contribution in [1.29, 1.82) is 0 Å². The molecule has 3 nitrogen and oxygen atoms in total. The lowest BCUT2D eigenvalue weighted by atomic mass is 10.4. The number of thioether (sulfide) groups is 1. The molecule has 52 valence electrons. The van der Waals surface area contributed by atoms with Crippen molar-refractivity contribution >= 4 is 17.7 Å². The second kappa shape index (κ2) is 3.08. The highest BCUT2D eigenvalue weighted by Crippen LogP contribution is 2.11. The average Bonchev–Trinajstić information content (AvgIpc) is 1.90. The summed E-state index contributed by atoms with van der Waals surface area (Å²) < 4.78 is 5.04. The van der Waals surface area contributed by atoms with Gasteiger partial charge < -0.3 is 10.5 Å². The number of amides is 1. The third-order valence-electron chi connectivity index (χ3n) is 1.13. The van der Waals surface area contributed by atoms with E-state index in [0.29, 0.717) is 6.61 Å². The van der Waals surface area contributed by atoms with Gasteiger partial charge >= 0.3 is 0 Å². The quantitative estimate of drug-likeness (QED) is 0.549. The molecule has 1 heterocycles. The minimum Gasteiger partial charge on any atom is -0.367 e. The highest BCUT2D eigenvalue weighted by molar-refractivity contribution is 7.99. The van der Waals surface area contributed by atoms with Crippen molar-refractivity contribution in [2.45, 2.75) is 6.10 Å². The lowest BCUT2D eigenvalue weighted by molar-refractivity contribution is -0.127.